The van der Waals surface area contributed by atoms with Gasteiger partial charge in [0.1, 0.15) is 0 Å². The Balaban J connectivity index is 1.57. The number of aliphatic hydroxyl groups excluding tert-OH is 2. The monoisotopic (exact) mass is 278 g/mol. The van der Waals surface area contributed by atoms with Crippen molar-refractivity contribution in [1.82, 2.24) is 0 Å². The topological polar surface area (TPSA) is 40.5 Å². The van der Waals surface area contributed by atoms with Crippen molar-refractivity contribution in [1.29, 1.82) is 0 Å². The quantitative estimate of drug-likeness (QED) is 0.713. The van der Waals surface area contributed by atoms with Crippen LogP contribution in [0.4, 0.5) is 0 Å². The summed E-state index contributed by atoms with van der Waals surface area (Å²) in [6.45, 7) is 2.36. The molecule has 0 radical (unpaired) electrons. The summed E-state index contributed by atoms with van der Waals surface area (Å²) in [5, 5.41) is 20.3. The standard InChI is InChI=1S/C18H30O2/c1-18-9-8-14-13-5-3-12(19)10-11(13)2-4-15(14)16(18)6-7-17(18)20/h11-17,19-20H,2-10H2,1H3/t11?,12-,13-,14+,15+,16-,17?,18-/m0/s1. The number of hydrogen-bond donors (Lipinski definition) is 2. The largest absolute Gasteiger partial charge is 0.393 e. The molecule has 0 aromatic heterocycles. The first-order valence-corrected chi connectivity index (χ1v) is 8.95. The molecular formula is C18H30O2. The Morgan fingerprint density at radius 2 is 1.60 bits per heavy atom. The Morgan fingerprint density at radius 1 is 0.800 bits per heavy atom. The molecule has 4 fully saturated rings. The summed E-state index contributed by atoms with van der Waals surface area (Å²) in [7, 11) is 0. The fourth-order valence-corrected chi connectivity index (χ4v) is 6.80. The lowest BCUT2D eigenvalue weighted by atomic mass is 9.50. The molecule has 2 nitrogen and oxygen atoms in total. The lowest BCUT2D eigenvalue weighted by molar-refractivity contribution is -0.0913. The van der Waals surface area contributed by atoms with Crippen LogP contribution in [0.1, 0.15) is 64.7 Å². The smallest absolute Gasteiger partial charge is 0.0596 e. The summed E-state index contributed by atoms with van der Waals surface area (Å²) < 4.78 is 0. The molecule has 2 N–H and O–H groups in total. The summed E-state index contributed by atoms with van der Waals surface area (Å²) in [4.78, 5) is 0. The molecule has 0 aliphatic heterocycles. The van der Waals surface area contributed by atoms with Crippen LogP contribution in [0.15, 0.2) is 0 Å². The van der Waals surface area contributed by atoms with Gasteiger partial charge in [0.15, 0.2) is 0 Å². The average Bonchev–Trinajstić information content (AvgIpc) is 2.74. The molecule has 20 heavy (non-hydrogen) atoms. The third kappa shape index (κ3) is 1.83. The van der Waals surface area contributed by atoms with E-state index in [1.54, 1.807) is 0 Å². The fourth-order valence-electron chi connectivity index (χ4n) is 6.80. The van der Waals surface area contributed by atoms with Gasteiger partial charge in [-0.15, -0.1) is 0 Å². The zero-order valence-electron chi connectivity index (χ0n) is 12.8. The van der Waals surface area contributed by atoms with Gasteiger partial charge in [0.2, 0.25) is 0 Å². The molecule has 0 aromatic rings. The van der Waals surface area contributed by atoms with Gasteiger partial charge >= 0.3 is 0 Å². The van der Waals surface area contributed by atoms with Gasteiger partial charge in [0.05, 0.1) is 12.2 Å². The molecule has 114 valence electrons. The Labute approximate surface area is 123 Å². The van der Waals surface area contributed by atoms with Gasteiger partial charge in [-0.1, -0.05) is 6.92 Å². The normalized spacial score (nSPS) is 58.6. The Bertz CT molecular complexity index is 382. The van der Waals surface area contributed by atoms with Gasteiger partial charge in [0.25, 0.3) is 0 Å². The molecule has 4 aliphatic carbocycles. The predicted molar refractivity (Wildman–Crippen MR) is 79.1 cm³/mol. The molecule has 8 atom stereocenters. The van der Waals surface area contributed by atoms with Gasteiger partial charge in [-0.3, -0.25) is 0 Å². The average molecular weight is 278 g/mol. The SMILES string of the molecule is C[C@]12CC[C@H]3[C@@H](CCC4C[C@@H](O)CC[C@@H]43)[C@@H]1CCC2O. The lowest BCUT2D eigenvalue weighted by Crippen LogP contribution is -2.49. The maximum Gasteiger partial charge on any atom is 0.0596 e. The number of fused-ring (bicyclic) bond motifs is 5. The predicted octanol–water partition coefficient (Wildman–Crippen LogP) is 3.36. The van der Waals surface area contributed by atoms with E-state index in [0.717, 1.165) is 48.9 Å². The van der Waals surface area contributed by atoms with E-state index in [0.29, 0.717) is 0 Å². The number of rotatable bonds is 0. The Morgan fingerprint density at radius 3 is 2.45 bits per heavy atom. The first-order chi connectivity index (χ1) is 9.59. The molecule has 2 heteroatoms. The molecule has 2 unspecified atom stereocenters. The summed E-state index contributed by atoms with van der Waals surface area (Å²) in [5.74, 6) is 4.26. The van der Waals surface area contributed by atoms with Crippen molar-refractivity contribution in [2.24, 2.45) is 35.0 Å². The highest BCUT2D eigenvalue weighted by Crippen LogP contribution is 2.62. The molecule has 4 saturated carbocycles. The molecule has 0 heterocycles. The first kappa shape index (κ1) is 13.6. The highest BCUT2D eigenvalue weighted by molar-refractivity contribution is 5.06. The van der Waals surface area contributed by atoms with Crippen LogP contribution in [-0.4, -0.2) is 22.4 Å². The maximum atomic E-state index is 10.4. The maximum absolute atomic E-state index is 10.4. The number of aliphatic hydroxyl groups is 2. The van der Waals surface area contributed by atoms with Crippen LogP contribution in [-0.2, 0) is 0 Å². The van der Waals surface area contributed by atoms with Crippen LogP contribution in [0.2, 0.25) is 0 Å². The molecular weight excluding hydrogens is 248 g/mol. The second kappa shape index (κ2) is 4.71. The Hall–Kier alpha value is -0.0800. The lowest BCUT2D eigenvalue weighted by Gasteiger charge is -2.55. The fraction of sp³-hybridized carbons (Fsp3) is 1.00. The van der Waals surface area contributed by atoms with Crippen LogP contribution in [0.25, 0.3) is 0 Å². The van der Waals surface area contributed by atoms with Crippen LogP contribution in [0, 0.1) is 35.0 Å². The third-order valence-electron chi connectivity index (χ3n) is 7.88. The van der Waals surface area contributed by atoms with Gasteiger partial charge in [0, 0.05) is 0 Å². The van der Waals surface area contributed by atoms with E-state index >= 15 is 0 Å². The summed E-state index contributed by atoms with van der Waals surface area (Å²) in [6, 6.07) is 0. The van der Waals surface area contributed by atoms with Crippen LogP contribution < -0.4 is 0 Å². The molecule has 0 amide bonds. The van der Waals surface area contributed by atoms with Gasteiger partial charge in [-0.05, 0) is 92.8 Å². The van der Waals surface area contributed by atoms with Crippen molar-refractivity contribution in [2.75, 3.05) is 0 Å². The minimum atomic E-state index is -0.0423. The molecule has 4 rings (SSSR count). The van der Waals surface area contributed by atoms with E-state index < -0.39 is 0 Å². The minimum absolute atomic E-state index is 0.0186. The second-order valence-corrected chi connectivity index (χ2v) is 8.54. The highest BCUT2D eigenvalue weighted by Gasteiger charge is 2.56. The van der Waals surface area contributed by atoms with Crippen molar-refractivity contribution >= 4 is 0 Å². The van der Waals surface area contributed by atoms with Crippen molar-refractivity contribution < 1.29 is 10.2 Å². The van der Waals surface area contributed by atoms with Crippen molar-refractivity contribution in [3.8, 4) is 0 Å². The highest BCUT2D eigenvalue weighted by atomic mass is 16.3. The van der Waals surface area contributed by atoms with E-state index in [-0.39, 0.29) is 17.6 Å². The van der Waals surface area contributed by atoms with Crippen LogP contribution in [0.5, 0.6) is 0 Å². The minimum Gasteiger partial charge on any atom is -0.393 e. The molecule has 0 bridgehead atoms. The molecule has 0 saturated heterocycles. The van der Waals surface area contributed by atoms with Crippen LogP contribution >= 0.6 is 0 Å². The summed E-state index contributed by atoms with van der Waals surface area (Å²) in [5.41, 5.74) is 0.224. The summed E-state index contributed by atoms with van der Waals surface area (Å²) in [6.07, 6.45) is 10.9. The van der Waals surface area contributed by atoms with Crippen LogP contribution in [0.3, 0.4) is 0 Å². The zero-order chi connectivity index (χ0) is 13.9. The third-order valence-corrected chi connectivity index (χ3v) is 7.88. The number of hydrogen-bond acceptors (Lipinski definition) is 2. The van der Waals surface area contributed by atoms with E-state index in [1.165, 1.54) is 38.5 Å². The van der Waals surface area contributed by atoms with E-state index in [2.05, 4.69) is 6.92 Å². The first-order valence-electron chi connectivity index (χ1n) is 8.95. The van der Waals surface area contributed by atoms with E-state index in [1.807, 2.05) is 0 Å². The zero-order valence-corrected chi connectivity index (χ0v) is 12.8. The van der Waals surface area contributed by atoms with Crippen molar-refractivity contribution in [3.05, 3.63) is 0 Å². The summed E-state index contributed by atoms with van der Waals surface area (Å²) >= 11 is 0. The van der Waals surface area contributed by atoms with Gasteiger partial charge in [-0.25, -0.2) is 0 Å². The molecule has 0 aromatic carbocycles. The van der Waals surface area contributed by atoms with Gasteiger partial charge < -0.3 is 10.2 Å². The van der Waals surface area contributed by atoms with Gasteiger partial charge in [-0.2, -0.15) is 0 Å². The molecule has 4 aliphatic rings. The van der Waals surface area contributed by atoms with E-state index in [9.17, 15) is 10.2 Å². The van der Waals surface area contributed by atoms with Crippen molar-refractivity contribution in [3.63, 3.8) is 0 Å². The Kier molecular flexibility index (Phi) is 3.20. The second-order valence-electron chi connectivity index (χ2n) is 8.54. The van der Waals surface area contributed by atoms with Crippen molar-refractivity contribution in [2.45, 2.75) is 76.9 Å². The van der Waals surface area contributed by atoms with E-state index in [4.69, 9.17) is 0 Å². The molecule has 0 spiro atoms.